The number of halogens is 1. The van der Waals surface area contributed by atoms with Crippen LogP contribution in [0.15, 0.2) is 36.4 Å². The van der Waals surface area contributed by atoms with Crippen LogP contribution in [0.1, 0.15) is 35.2 Å². The quantitative estimate of drug-likeness (QED) is 0.892. The number of aryl methyl sites for hydroxylation is 2. The average molecular weight is 287 g/mol. The summed E-state index contributed by atoms with van der Waals surface area (Å²) >= 11 is 0. The third-order valence-electron chi connectivity index (χ3n) is 3.65. The van der Waals surface area contributed by atoms with Gasteiger partial charge in [-0.1, -0.05) is 30.7 Å². The fourth-order valence-corrected chi connectivity index (χ4v) is 2.67. The number of hydrogen-bond acceptors (Lipinski definition) is 2. The molecule has 0 aliphatic rings. The van der Waals surface area contributed by atoms with Gasteiger partial charge in [0.1, 0.15) is 11.6 Å². The molecule has 2 aromatic carbocycles. The van der Waals surface area contributed by atoms with Gasteiger partial charge in [0.05, 0.1) is 13.2 Å². The zero-order valence-corrected chi connectivity index (χ0v) is 13.0. The molecule has 0 amide bonds. The molecule has 3 heteroatoms. The Balaban J connectivity index is 2.55. The Kier molecular flexibility index (Phi) is 4.97. The predicted octanol–water partition coefficient (Wildman–Crippen LogP) is 4.15. The number of hydrogen-bond donors (Lipinski definition) is 1. The van der Waals surface area contributed by atoms with Gasteiger partial charge in [-0.2, -0.15) is 0 Å². The van der Waals surface area contributed by atoms with E-state index in [9.17, 15) is 4.39 Å². The fraction of sp³-hybridized carbons (Fsp3) is 0.333. The van der Waals surface area contributed by atoms with Crippen LogP contribution in [0.25, 0.3) is 0 Å². The number of methoxy groups -OCH3 is 1. The van der Waals surface area contributed by atoms with Crippen molar-refractivity contribution in [1.29, 1.82) is 0 Å². The lowest BCUT2D eigenvalue weighted by molar-refractivity contribution is 0.402. The molecular weight excluding hydrogens is 265 g/mol. The molecule has 0 heterocycles. The lowest BCUT2D eigenvalue weighted by atomic mass is 9.93. The van der Waals surface area contributed by atoms with E-state index < -0.39 is 0 Å². The summed E-state index contributed by atoms with van der Waals surface area (Å²) in [5.74, 6) is 0.445. The Labute approximate surface area is 126 Å². The third kappa shape index (κ3) is 3.42. The van der Waals surface area contributed by atoms with Crippen LogP contribution < -0.4 is 10.1 Å². The van der Waals surface area contributed by atoms with Gasteiger partial charge in [0.25, 0.3) is 0 Å². The number of ether oxygens (including phenoxy) is 1. The normalized spacial score (nSPS) is 12.2. The lowest BCUT2D eigenvalue weighted by Gasteiger charge is -2.23. The molecule has 0 aliphatic heterocycles. The average Bonchev–Trinajstić information content (AvgIpc) is 2.45. The van der Waals surface area contributed by atoms with E-state index in [1.807, 2.05) is 6.92 Å². The van der Waals surface area contributed by atoms with E-state index in [-0.39, 0.29) is 11.9 Å². The van der Waals surface area contributed by atoms with E-state index in [0.29, 0.717) is 5.75 Å². The Bertz CT molecular complexity index is 625. The molecule has 0 saturated carbocycles. The number of rotatable bonds is 5. The highest BCUT2D eigenvalue weighted by Gasteiger charge is 2.19. The van der Waals surface area contributed by atoms with Crippen LogP contribution in [-0.4, -0.2) is 13.7 Å². The molecular formula is C18H22FNO. The van der Waals surface area contributed by atoms with Gasteiger partial charge in [-0.05, 0) is 49.7 Å². The molecule has 2 aromatic rings. The Morgan fingerprint density at radius 1 is 1.10 bits per heavy atom. The van der Waals surface area contributed by atoms with Gasteiger partial charge in [0.2, 0.25) is 0 Å². The molecule has 112 valence electrons. The largest absolute Gasteiger partial charge is 0.496 e. The molecule has 0 fully saturated rings. The molecule has 21 heavy (non-hydrogen) atoms. The summed E-state index contributed by atoms with van der Waals surface area (Å²) in [5, 5.41) is 3.43. The van der Waals surface area contributed by atoms with Crippen molar-refractivity contribution in [2.24, 2.45) is 0 Å². The fourth-order valence-electron chi connectivity index (χ4n) is 2.67. The highest BCUT2D eigenvalue weighted by molar-refractivity contribution is 5.45. The Morgan fingerprint density at radius 2 is 1.86 bits per heavy atom. The van der Waals surface area contributed by atoms with E-state index in [4.69, 9.17) is 4.74 Å². The molecule has 1 atom stereocenters. The minimum Gasteiger partial charge on any atom is -0.496 e. The van der Waals surface area contributed by atoms with Gasteiger partial charge in [0, 0.05) is 5.56 Å². The summed E-state index contributed by atoms with van der Waals surface area (Å²) < 4.78 is 19.1. The van der Waals surface area contributed by atoms with E-state index in [2.05, 4.69) is 37.4 Å². The first-order chi connectivity index (χ1) is 10.1. The maximum Gasteiger partial charge on any atom is 0.124 e. The maximum atomic E-state index is 13.7. The molecule has 1 N–H and O–H groups in total. The molecule has 0 spiro atoms. The third-order valence-corrected chi connectivity index (χ3v) is 3.65. The van der Waals surface area contributed by atoms with Gasteiger partial charge in [-0.3, -0.25) is 0 Å². The van der Waals surface area contributed by atoms with Crippen molar-refractivity contribution in [3.8, 4) is 5.75 Å². The molecule has 1 unspecified atom stereocenters. The van der Waals surface area contributed by atoms with Gasteiger partial charge in [-0.25, -0.2) is 4.39 Å². The second-order valence-electron chi connectivity index (χ2n) is 5.24. The van der Waals surface area contributed by atoms with Crippen molar-refractivity contribution in [2.45, 2.75) is 26.8 Å². The summed E-state index contributed by atoms with van der Waals surface area (Å²) in [6, 6.07) is 10.9. The van der Waals surface area contributed by atoms with Crippen molar-refractivity contribution in [1.82, 2.24) is 5.32 Å². The first kappa shape index (κ1) is 15.5. The SMILES string of the molecule is CCNC(c1ccc(C)cc1C)c1cc(F)ccc1OC. The van der Waals surface area contributed by atoms with Crippen LogP contribution >= 0.6 is 0 Å². The molecule has 0 aliphatic carbocycles. The molecule has 0 saturated heterocycles. The standard InChI is InChI=1S/C18H22FNO/c1-5-20-18(15-8-6-12(2)10-13(15)3)16-11-14(19)7-9-17(16)21-4/h6-11,18,20H,5H2,1-4H3. The van der Waals surface area contributed by atoms with Crippen molar-refractivity contribution >= 4 is 0 Å². The predicted molar refractivity (Wildman–Crippen MR) is 84.4 cm³/mol. The molecule has 0 bridgehead atoms. The van der Waals surface area contributed by atoms with Crippen LogP contribution in [0, 0.1) is 19.7 Å². The van der Waals surface area contributed by atoms with Crippen LogP contribution in [-0.2, 0) is 0 Å². The monoisotopic (exact) mass is 287 g/mol. The summed E-state index contributed by atoms with van der Waals surface area (Å²) in [7, 11) is 1.61. The van der Waals surface area contributed by atoms with Gasteiger partial charge in [0.15, 0.2) is 0 Å². The van der Waals surface area contributed by atoms with Crippen molar-refractivity contribution in [3.63, 3.8) is 0 Å². The minimum absolute atomic E-state index is 0.0822. The Morgan fingerprint density at radius 3 is 2.48 bits per heavy atom. The highest BCUT2D eigenvalue weighted by atomic mass is 19.1. The number of nitrogens with one attached hydrogen (secondary N) is 1. The first-order valence-corrected chi connectivity index (χ1v) is 7.20. The summed E-state index contributed by atoms with van der Waals surface area (Å²) in [5.41, 5.74) is 4.38. The second-order valence-corrected chi connectivity index (χ2v) is 5.24. The van der Waals surface area contributed by atoms with Gasteiger partial charge in [-0.15, -0.1) is 0 Å². The number of benzene rings is 2. The summed E-state index contributed by atoms with van der Waals surface area (Å²) in [4.78, 5) is 0. The van der Waals surface area contributed by atoms with Crippen LogP contribution in [0.5, 0.6) is 5.75 Å². The zero-order valence-electron chi connectivity index (χ0n) is 13.0. The van der Waals surface area contributed by atoms with Crippen molar-refractivity contribution in [2.75, 3.05) is 13.7 Å². The van der Waals surface area contributed by atoms with Crippen LogP contribution in [0.2, 0.25) is 0 Å². The first-order valence-electron chi connectivity index (χ1n) is 7.20. The summed E-state index contributed by atoms with van der Waals surface area (Å²) in [6.07, 6.45) is 0. The van der Waals surface area contributed by atoms with Crippen molar-refractivity contribution in [3.05, 3.63) is 64.5 Å². The zero-order chi connectivity index (χ0) is 15.4. The van der Waals surface area contributed by atoms with Crippen LogP contribution in [0.3, 0.4) is 0 Å². The minimum atomic E-state index is -0.251. The summed E-state index contributed by atoms with van der Waals surface area (Å²) in [6.45, 7) is 6.99. The van der Waals surface area contributed by atoms with E-state index in [1.165, 1.54) is 17.2 Å². The second kappa shape index (κ2) is 6.72. The molecule has 0 aromatic heterocycles. The van der Waals surface area contributed by atoms with Gasteiger partial charge < -0.3 is 10.1 Å². The molecule has 0 radical (unpaired) electrons. The van der Waals surface area contributed by atoms with Crippen molar-refractivity contribution < 1.29 is 9.13 Å². The van der Waals surface area contributed by atoms with E-state index in [1.54, 1.807) is 19.2 Å². The van der Waals surface area contributed by atoms with E-state index in [0.717, 1.165) is 17.7 Å². The highest BCUT2D eigenvalue weighted by Crippen LogP contribution is 2.32. The molecule has 2 nitrogen and oxygen atoms in total. The van der Waals surface area contributed by atoms with Gasteiger partial charge >= 0.3 is 0 Å². The van der Waals surface area contributed by atoms with Crippen LogP contribution in [0.4, 0.5) is 4.39 Å². The molecule has 2 rings (SSSR count). The van der Waals surface area contributed by atoms with E-state index >= 15 is 0 Å². The lowest BCUT2D eigenvalue weighted by Crippen LogP contribution is -2.23. The maximum absolute atomic E-state index is 13.7. The Hall–Kier alpha value is -1.87. The smallest absolute Gasteiger partial charge is 0.124 e. The topological polar surface area (TPSA) is 21.3 Å².